The normalized spacial score (nSPS) is 15.8. The Balaban J connectivity index is 4.93. The monoisotopic (exact) mass is 203 g/mol. The van der Waals surface area contributed by atoms with Crippen molar-refractivity contribution in [1.29, 1.82) is 0 Å². The van der Waals surface area contributed by atoms with Gasteiger partial charge in [-0.1, -0.05) is 20.8 Å². The Labute approximate surface area is 83.2 Å². The lowest BCUT2D eigenvalue weighted by molar-refractivity contribution is -0.188. The van der Waals surface area contributed by atoms with Crippen LogP contribution in [0.4, 0.5) is 0 Å². The van der Waals surface area contributed by atoms with E-state index < -0.39 is 23.0 Å². The highest BCUT2D eigenvalue weighted by atomic mass is 16.6. The Bertz CT molecular complexity index is 244. The highest BCUT2D eigenvalue weighted by Gasteiger charge is 2.48. The molecule has 0 saturated heterocycles. The number of carboxylic acids is 1. The van der Waals surface area contributed by atoms with Gasteiger partial charge in [0.1, 0.15) is 0 Å². The fourth-order valence-corrected chi connectivity index (χ4v) is 0.787. The zero-order valence-corrected chi connectivity index (χ0v) is 8.96. The maximum atomic E-state index is 11.0. The molecule has 82 valence electrons. The number of carbonyl (C=O) groups is 2. The summed E-state index contributed by atoms with van der Waals surface area (Å²) in [7, 11) is 0. The molecule has 0 fully saturated rings. The molecule has 0 aliphatic carbocycles. The molecule has 5 heteroatoms. The van der Waals surface area contributed by atoms with Crippen LogP contribution in [0.1, 0.15) is 27.7 Å². The largest absolute Gasteiger partial charge is 0.478 e. The summed E-state index contributed by atoms with van der Waals surface area (Å²) in [5.41, 5.74) is 2.81. The molecule has 0 radical (unpaired) electrons. The van der Waals surface area contributed by atoms with Crippen molar-refractivity contribution in [2.24, 2.45) is 11.1 Å². The van der Waals surface area contributed by atoms with Crippen LogP contribution in [0.5, 0.6) is 0 Å². The van der Waals surface area contributed by atoms with Gasteiger partial charge in [0.25, 0.3) is 0 Å². The Hall–Kier alpha value is -1.10. The van der Waals surface area contributed by atoms with Gasteiger partial charge in [-0.3, -0.25) is 4.79 Å². The summed E-state index contributed by atoms with van der Waals surface area (Å²) in [6.07, 6.45) is 0. The minimum absolute atomic E-state index is 0.320. The average molecular weight is 203 g/mol. The van der Waals surface area contributed by atoms with Crippen molar-refractivity contribution in [3.05, 3.63) is 0 Å². The molecule has 0 aliphatic rings. The van der Waals surface area contributed by atoms with Crippen LogP contribution in [0.2, 0.25) is 0 Å². The number of aliphatic carboxylic acids is 1. The van der Waals surface area contributed by atoms with Crippen molar-refractivity contribution in [2.45, 2.75) is 33.3 Å². The van der Waals surface area contributed by atoms with Gasteiger partial charge in [-0.05, 0) is 6.92 Å². The molecule has 0 saturated carbocycles. The summed E-state index contributed by atoms with van der Waals surface area (Å²) in [6.45, 7) is 6.10. The molecule has 0 unspecified atom stereocenters. The third-order valence-electron chi connectivity index (χ3n) is 2.32. The first-order valence-electron chi connectivity index (χ1n) is 4.30. The van der Waals surface area contributed by atoms with Crippen LogP contribution in [-0.4, -0.2) is 29.2 Å². The van der Waals surface area contributed by atoms with E-state index in [1.165, 1.54) is 6.92 Å². The van der Waals surface area contributed by atoms with Gasteiger partial charge in [-0.15, -0.1) is 0 Å². The van der Waals surface area contributed by atoms with E-state index in [4.69, 9.17) is 15.6 Å². The number of rotatable bonds is 3. The lowest BCUT2D eigenvalue weighted by atomic mass is 9.77. The molecule has 0 heterocycles. The van der Waals surface area contributed by atoms with Crippen molar-refractivity contribution >= 4 is 11.9 Å². The SMILES string of the molecule is CC(C)(C)[C@](C)(OC(=O)CN)C(=O)O. The predicted octanol–water partition coefficient (Wildman–Crippen LogP) is 0.378. The minimum Gasteiger partial charge on any atom is -0.478 e. The number of hydrogen-bond acceptors (Lipinski definition) is 4. The quantitative estimate of drug-likeness (QED) is 0.647. The van der Waals surface area contributed by atoms with Gasteiger partial charge >= 0.3 is 11.9 Å². The van der Waals surface area contributed by atoms with E-state index in [9.17, 15) is 9.59 Å². The van der Waals surface area contributed by atoms with E-state index in [1.54, 1.807) is 20.8 Å². The summed E-state index contributed by atoms with van der Waals surface area (Å²) in [5.74, 6) is -1.89. The fraction of sp³-hybridized carbons (Fsp3) is 0.778. The van der Waals surface area contributed by atoms with Crippen molar-refractivity contribution in [3.8, 4) is 0 Å². The summed E-state index contributed by atoms with van der Waals surface area (Å²) in [5, 5.41) is 8.99. The molecule has 0 aromatic heterocycles. The third kappa shape index (κ3) is 2.45. The first-order valence-corrected chi connectivity index (χ1v) is 4.30. The number of hydrogen-bond donors (Lipinski definition) is 2. The highest BCUT2D eigenvalue weighted by Crippen LogP contribution is 2.33. The first kappa shape index (κ1) is 12.9. The third-order valence-corrected chi connectivity index (χ3v) is 2.32. The Kier molecular flexibility index (Phi) is 3.65. The van der Waals surface area contributed by atoms with Crippen LogP contribution in [0.25, 0.3) is 0 Å². The van der Waals surface area contributed by atoms with Gasteiger partial charge in [-0.2, -0.15) is 0 Å². The smallest absolute Gasteiger partial charge is 0.348 e. The lowest BCUT2D eigenvalue weighted by Crippen LogP contribution is -2.51. The molecular weight excluding hydrogens is 186 g/mol. The van der Waals surface area contributed by atoms with E-state index in [0.29, 0.717) is 0 Å². The summed E-state index contributed by atoms with van der Waals surface area (Å²) < 4.78 is 4.85. The lowest BCUT2D eigenvalue weighted by Gasteiger charge is -2.36. The van der Waals surface area contributed by atoms with Crippen LogP contribution in [0.15, 0.2) is 0 Å². The molecule has 5 nitrogen and oxygen atoms in total. The maximum Gasteiger partial charge on any atom is 0.348 e. The standard InChI is InChI=1S/C9H17NO4/c1-8(2,3)9(4,7(12)13)14-6(11)5-10/h5,10H2,1-4H3,(H,12,13)/t9-/m1/s1. The Morgan fingerprint density at radius 3 is 1.93 bits per heavy atom. The summed E-state index contributed by atoms with van der Waals surface area (Å²) in [6, 6.07) is 0. The molecule has 14 heavy (non-hydrogen) atoms. The predicted molar refractivity (Wildman–Crippen MR) is 50.6 cm³/mol. The van der Waals surface area contributed by atoms with Gasteiger partial charge in [-0.25, -0.2) is 4.79 Å². The van der Waals surface area contributed by atoms with Crippen molar-refractivity contribution < 1.29 is 19.4 Å². The number of carbonyl (C=O) groups excluding carboxylic acids is 1. The number of esters is 1. The fourth-order valence-electron chi connectivity index (χ4n) is 0.787. The van der Waals surface area contributed by atoms with Crippen molar-refractivity contribution in [1.82, 2.24) is 0 Å². The molecule has 1 atom stereocenters. The van der Waals surface area contributed by atoms with E-state index in [2.05, 4.69) is 0 Å². The topological polar surface area (TPSA) is 89.6 Å². The van der Waals surface area contributed by atoms with Gasteiger partial charge in [0.15, 0.2) is 0 Å². The average Bonchev–Trinajstić information content (AvgIpc) is 2.01. The zero-order chi connectivity index (χ0) is 11.6. The van der Waals surface area contributed by atoms with Gasteiger partial charge in [0.2, 0.25) is 5.60 Å². The van der Waals surface area contributed by atoms with E-state index in [1.807, 2.05) is 0 Å². The molecule has 0 bridgehead atoms. The zero-order valence-electron chi connectivity index (χ0n) is 8.96. The molecule has 0 amide bonds. The maximum absolute atomic E-state index is 11.0. The molecule has 0 aromatic rings. The van der Waals surface area contributed by atoms with Crippen LogP contribution in [0, 0.1) is 5.41 Å². The molecular formula is C9H17NO4. The molecule has 0 rings (SSSR count). The summed E-state index contributed by atoms with van der Waals surface area (Å²) >= 11 is 0. The molecule has 0 aliphatic heterocycles. The Morgan fingerprint density at radius 2 is 1.71 bits per heavy atom. The highest BCUT2D eigenvalue weighted by molar-refractivity contribution is 5.83. The summed E-state index contributed by atoms with van der Waals surface area (Å²) in [4.78, 5) is 22.0. The molecule has 0 spiro atoms. The number of nitrogens with two attached hydrogens (primary N) is 1. The van der Waals surface area contributed by atoms with E-state index in [0.717, 1.165) is 0 Å². The van der Waals surface area contributed by atoms with Crippen molar-refractivity contribution in [2.75, 3.05) is 6.54 Å². The second kappa shape index (κ2) is 3.96. The van der Waals surface area contributed by atoms with Gasteiger partial charge < -0.3 is 15.6 Å². The second-order valence-electron chi connectivity index (χ2n) is 4.27. The van der Waals surface area contributed by atoms with Gasteiger partial charge in [0.05, 0.1) is 6.54 Å². The first-order chi connectivity index (χ1) is 6.15. The Morgan fingerprint density at radius 1 is 1.29 bits per heavy atom. The van der Waals surface area contributed by atoms with E-state index >= 15 is 0 Å². The van der Waals surface area contributed by atoms with Crippen LogP contribution in [0.3, 0.4) is 0 Å². The second-order valence-corrected chi connectivity index (χ2v) is 4.27. The minimum atomic E-state index is -1.55. The van der Waals surface area contributed by atoms with Gasteiger partial charge in [0, 0.05) is 5.41 Å². The van der Waals surface area contributed by atoms with Crippen LogP contribution < -0.4 is 5.73 Å². The number of ether oxygens (including phenoxy) is 1. The number of carboxylic acid groups (broad SMARTS) is 1. The van der Waals surface area contributed by atoms with E-state index in [-0.39, 0.29) is 6.54 Å². The molecule has 0 aromatic carbocycles. The van der Waals surface area contributed by atoms with Crippen LogP contribution in [-0.2, 0) is 14.3 Å². The molecule has 3 N–H and O–H groups in total. The van der Waals surface area contributed by atoms with Crippen LogP contribution >= 0.6 is 0 Å². The van der Waals surface area contributed by atoms with Crippen molar-refractivity contribution in [3.63, 3.8) is 0 Å².